The summed E-state index contributed by atoms with van der Waals surface area (Å²) >= 11 is 1.08. The van der Waals surface area contributed by atoms with E-state index in [1.807, 2.05) is 0 Å². The fourth-order valence-corrected chi connectivity index (χ4v) is 2.57. The molecule has 1 N–H and O–H groups in total. The molecule has 0 saturated carbocycles. The normalized spacial score (nSPS) is 10.4. The lowest BCUT2D eigenvalue weighted by Gasteiger charge is -2.01. The van der Waals surface area contributed by atoms with Crippen molar-refractivity contribution in [2.75, 3.05) is 5.32 Å². The number of carboxylic acids is 1. The molecule has 0 aliphatic heterocycles. The maximum Gasteiger partial charge on any atom is 0.433 e. The van der Waals surface area contributed by atoms with Crippen LogP contribution in [0.15, 0.2) is 16.5 Å². The molecule has 0 fully saturated rings. The van der Waals surface area contributed by atoms with Crippen LogP contribution < -0.4 is 10.4 Å². The minimum atomic E-state index is -1.31. The van der Waals surface area contributed by atoms with E-state index in [1.165, 1.54) is 12.1 Å². The fourth-order valence-electron chi connectivity index (χ4n) is 1.62. The third-order valence-corrected chi connectivity index (χ3v) is 3.68. The van der Waals surface area contributed by atoms with Crippen LogP contribution in [0.1, 0.15) is 18.5 Å². The Morgan fingerprint density at radius 2 is 2.14 bits per heavy atom. The number of amides is 1. The second kappa shape index (κ2) is 6.35. The van der Waals surface area contributed by atoms with Crippen molar-refractivity contribution in [2.45, 2.75) is 19.8 Å². The third kappa shape index (κ3) is 3.67. The number of nitrogens with one attached hydrogen (secondary N) is 1. The van der Waals surface area contributed by atoms with Gasteiger partial charge in [0.05, 0.1) is 16.6 Å². The molecular formula is C12H10N3O6S-. The Labute approximate surface area is 127 Å². The molecule has 0 aliphatic rings. The second-order valence-corrected chi connectivity index (χ2v) is 5.25. The van der Waals surface area contributed by atoms with Gasteiger partial charge >= 0.3 is 5.88 Å². The molecule has 0 atom stereocenters. The van der Waals surface area contributed by atoms with Gasteiger partial charge in [-0.2, -0.15) is 0 Å². The van der Waals surface area contributed by atoms with E-state index >= 15 is 0 Å². The maximum atomic E-state index is 11.5. The highest BCUT2D eigenvalue weighted by molar-refractivity contribution is 7.19. The van der Waals surface area contributed by atoms with Crippen LogP contribution in [0.2, 0.25) is 0 Å². The number of aliphatic carboxylic acids is 1. The first-order chi connectivity index (χ1) is 10.4. The van der Waals surface area contributed by atoms with E-state index in [-0.39, 0.29) is 29.6 Å². The molecule has 0 radical (unpaired) electrons. The molecule has 2 aromatic rings. The van der Waals surface area contributed by atoms with E-state index in [2.05, 4.69) is 10.3 Å². The monoisotopic (exact) mass is 324 g/mol. The standard InChI is InChI=1S/C12H11N3O6S/c1-6-11(7-2-4-9(21-7)15(19)20)22-12(13-6)14-8(16)3-5-10(17)18/h2,4H,3,5H2,1H3,(H,17,18)(H,13,14,16)/p-1. The van der Waals surface area contributed by atoms with Crippen LogP contribution in [0.5, 0.6) is 0 Å². The van der Waals surface area contributed by atoms with Gasteiger partial charge in [0.1, 0.15) is 4.92 Å². The smallest absolute Gasteiger partial charge is 0.433 e. The van der Waals surface area contributed by atoms with Crippen LogP contribution in [0.4, 0.5) is 11.0 Å². The SMILES string of the molecule is Cc1nc(NC(=O)CCC(=O)[O-])sc1-c1ccc([N+](=O)[O-])o1. The average molecular weight is 324 g/mol. The number of thiazole rings is 1. The number of carbonyl (C=O) groups excluding carboxylic acids is 2. The van der Waals surface area contributed by atoms with Crippen molar-refractivity contribution in [1.82, 2.24) is 4.98 Å². The minimum absolute atomic E-state index is 0.220. The first-order valence-electron chi connectivity index (χ1n) is 6.08. The first kappa shape index (κ1) is 15.6. The zero-order chi connectivity index (χ0) is 16.3. The molecule has 2 rings (SSSR count). The van der Waals surface area contributed by atoms with Crippen molar-refractivity contribution < 1.29 is 24.0 Å². The van der Waals surface area contributed by atoms with Gasteiger partial charge in [-0.15, -0.1) is 0 Å². The number of hydrogen-bond acceptors (Lipinski definition) is 8. The summed E-state index contributed by atoms with van der Waals surface area (Å²) in [5.41, 5.74) is 0.532. The van der Waals surface area contributed by atoms with E-state index in [0.29, 0.717) is 10.6 Å². The highest BCUT2D eigenvalue weighted by atomic mass is 32.1. The predicted molar refractivity (Wildman–Crippen MR) is 74.1 cm³/mol. The van der Waals surface area contributed by atoms with Gasteiger partial charge in [0.2, 0.25) is 5.91 Å². The Bertz CT molecular complexity index is 735. The zero-order valence-electron chi connectivity index (χ0n) is 11.3. The molecule has 0 bridgehead atoms. The topological polar surface area (TPSA) is 138 Å². The number of nitro groups is 1. The number of aryl methyl sites for hydroxylation is 1. The molecule has 1 amide bonds. The highest BCUT2D eigenvalue weighted by Crippen LogP contribution is 2.35. The van der Waals surface area contributed by atoms with Gasteiger partial charge in [-0.05, 0) is 19.4 Å². The average Bonchev–Trinajstić information content (AvgIpc) is 3.03. The summed E-state index contributed by atoms with van der Waals surface area (Å²) in [6.07, 6.45) is -0.601. The lowest BCUT2D eigenvalue weighted by molar-refractivity contribution is -0.401. The van der Waals surface area contributed by atoms with Crippen LogP contribution in [0.3, 0.4) is 0 Å². The summed E-state index contributed by atoms with van der Waals surface area (Å²) in [6.45, 7) is 1.66. The number of aromatic nitrogens is 1. The van der Waals surface area contributed by atoms with E-state index in [0.717, 1.165) is 11.3 Å². The maximum absolute atomic E-state index is 11.5. The van der Waals surface area contributed by atoms with Gasteiger partial charge in [0.25, 0.3) is 0 Å². The molecule has 0 aliphatic carbocycles. The van der Waals surface area contributed by atoms with Crippen LogP contribution in [-0.4, -0.2) is 21.8 Å². The highest BCUT2D eigenvalue weighted by Gasteiger charge is 2.18. The molecule has 0 aromatic carbocycles. The molecule has 2 aromatic heterocycles. The molecule has 22 heavy (non-hydrogen) atoms. The number of carbonyl (C=O) groups is 2. The first-order valence-corrected chi connectivity index (χ1v) is 6.90. The van der Waals surface area contributed by atoms with Crippen molar-refractivity contribution in [3.8, 4) is 10.6 Å². The van der Waals surface area contributed by atoms with Gasteiger partial charge < -0.3 is 19.6 Å². The Morgan fingerprint density at radius 3 is 2.73 bits per heavy atom. The van der Waals surface area contributed by atoms with E-state index in [9.17, 15) is 24.8 Å². The zero-order valence-corrected chi connectivity index (χ0v) is 12.1. The molecule has 2 heterocycles. The summed E-state index contributed by atoms with van der Waals surface area (Å²) < 4.78 is 5.08. The molecule has 9 nitrogen and oxygen atoms in total. The van der Waals surface area contributed by atoms with Crippen molar-refractivity contribution in [3.63, 3.8) is 0 Å². The summed E-state index contributed by atoms with van der Waals surface area (Å²) in [7, 11) is 0. The number of rotatable bonds is 6. The van der Waals surface area contributed by atoms with E-state index in [1.54, 1.807) is 6.92 Å². The van der Waals surface area contributed by atoms with Gasteiger partial charge in [0, 0.05) is 12.4 Å². The molecule has 0 unspecified atom stereocenters. The molecule has 0 saturated heterocycles. The van der Waals surface area contributed by atoms with Crippen molar-refractivity contribution in [1.29, 1.82) is 0 Å². The Morgan fingerprint density at radius 1 is 1.41 bits per heavy atom. The molecule has 10 heteroatoms. The van der Waals surface area contributed by atoms with Crippen LogP contribution >= 0.6 is 11.3 Å². The summed E-state index contributed by atoms with van der Waals surface area (Å²) in [5, 5.41) is 23.6. The lowest BCUT2D eigenvalue weighted by atomic mass is 10.3. The third-order valence-electron chi connectivity index (χ3n) is 2.59. The second-order valence-electron chi connectivity index (χ2n) is 4.25. The van der Waals surface area contributed by atoms with Crippen LogP contribution in [0.25, 0.3) is 10.6 Å². The Hall–Kier alpha value is -2.75. The summed E-state index contributed by atoms with van der Waals surface area (Å²) in [4.78, 5) is 36.4. The minimum Gasteiger partial charge on any atom is -0.550 e. The predicted octanol–water partition coefficient (Wildman–Crippen LogP) is 1.09. The van der Waals surface area contributed by atoms with Gasteiger partial charge in [0.15, 0.2) is 10.9 Å². The van der Waals surface area contributed by atoms with Gasteiger partial charge in [-0.25, -0.2) is 4.98 Å². The van der Waals surface area contributed by atoms with Crippen molar-refractivity contribution >= 4 is 34.2 Å². The molecular weight excluding hydrogens is 314 g/mol. The van der Waals surface area contributed by atoms with E-state index < -0.39 is 16.8 Å². The van der Waals surface area contributed by atoms with Crippen LogP contribution in [-0.2, 0) is 9.59 Å². The molecule has 116 valence electrons. The molecule has 0 spiro atoms. The number of hydrogen-bond donors (Lipinski definition) is 1. The summed E-state index contributed by atoms with van der Waals surface area (Å²) in [6, 6.07) is 2.67. The fraction of sp³-hybridized carbons (Fsp3) is 0.250. The van der Waals surface area contributed by atoms with Crippen molar-refractivity contribution in [3.05, 3.63) is 27.9 Å². The van der Waals surface area contributed by atoms with Gasteiger partial charge in [-0.3, -0.25) is 14.9 Å². The number of furan rings is 1. The quantitative estimate of drug-likeness (QED) is 0.619. The van der Waals surface area contributed by atoms with E-state index in [4.69, 9.17) is 4.42 Å². The van der Waals surface area contributed by atoms with Crippen LogP contribution in [0, 0.1) is 17.0 Å². The largest absolute Gasteiger partial charge is 0.550 e. The number of anilines is 1. The lowest BCUT2D eigenvalue weighted by Crippen LogP contribution is -2.24. The van der Waals surface area contributed by atoms with Gasteiger partial charge in [-0.1, -0.05) is 11.3 Å². The number of carboxylic acid groups (broad SMARTS) is 1. The Kier molecular flexibility index (Phi) is 4.51. The van der Waals surface area contributed by atoms with Crippen molar-refractivity contribution in [2.24, 2.45) is 0 Å². The summed E-state index contributed by atoms with van der Waals surface area (Å²) in [5.74, 6) is -1.93. The Balaban J connectivity index is 2.12. The number of nitrogens with zero attached hydrogens (tertiary/aromatic N) is 2.